The highest BCUT2D eigenvalue weighted by atomic mass is 19.1. The topological polar surface area (TPSA) is 50.4 Å². The van der Waals surface area contributed by atoms with Gasteiger partial charge in [-0.05, 0) is 44.7 Å². The summed E-state index contributed by atoms with van der Waals surface area (Å²) in [5, 5.41) is 5.77. The highest BCUT2D eigenvalue weighted by Crippen LogP contribution is 2.23. The number of anilines is 1. The summed E-state index contributed by atoms with van der Waals surface area (Å²) in [4.78, 5) is 11.9. The van der Waals surface area contributed by atoms with Gasteiger partial charge in [-0.2, -0.15) is 0 Å². The Balaban J connectivity index is 1.75. The third-order valence-electron chi connectivity index (χ3n) is 4.06. The lowest BCUT2D eigenvalue weighted by Crippen LogP contribution is -2.34. The molecule has 2 N–H and O–H groups in total. The van der Waals surface area contributed by atoms with Crippen LogP contribution in [0.4, 0.5) is 10.1 Å². The smallest absolute Gasteiger partial charge is 0.239 e. The van der Waals surface area contributed by atoms with Crippen molar-refractivity contribution in [3.05, 3.63) is 24.0 Å². The van der Waals surface area contributed by atoms with E-state index in [0.717, 1.165) is 6.54 Å². The Morgan fingerprint density at radius 2 is 2.04 bits per heavy atom. The Labute approximate surface area is 137 Å². The van der Waals surface area contributed by atoms with Gasteiger partial charge in [0.15, 0.2) is 0 Å². The summed E-state index contributed by atoms with van der Waals surface area (Å²) in [6, 6.07) is 4.63. The number of hydrogen-bond acceptors (Lipinski definition) is 3. The first-order chi connectivity index (χ1) is 11.0. The summed E-state index contributed by atoms with van der Waals surface area (Å²) in [7, 11) is 0. The SMILES string of the molecule is CC(C)Oc1ccc(NCC(=O)NCC2CCCCC2)c(F)c1. The van der Waals surface area contributed by atoms with Gasteiger partial charge in [0.2, 0.25) is 5.91 Å². The average Bonchev–Trinajstić information content (AvgIpc) is 2.52. The molecule has 0 aromatic heterocycles. The van der Waals surface area contributed by atoms with Gasteiger partial charge in [0.1, 0.15) is 11.6 Å². The van der Waals surface area contributed by atoms with E-state index in [1.165, 1.54) is 38.2 Å². The predicted molar refractivity (Wildman–Crippen MR) is 90.2 cm³/mol. The van der Waals surface area contributed by atoms with Crippen LogP contribution in [-0.2, 0) is 4.79 Å². The molecule has 0 radical (unpaired) electrons. The monoisotopic (exact) mass is 322 g/mol. The number of nitrogens with one attached hydrogen (secondary N) is 2. The van der Waals surface area contributed by atoms with Crippen molar-refractivity contribution in [2.24, 2.45) is 5.92 Å². The summed E-state index contributed by atoms with van der Waals surface area (Å²) >= 11 is 0. The molecule has 0 heterocycles. The fraction of sp³-hybridized carbons (Fsp3) is 0.611. The molecule has 1 aromatic rings. The number of ether oxygens (including phenoxy) is 1. The number of hydrogen-bond donors (Lipinski definition) is 2. The van der Waals surface area contributed by atoms with Crippen molar-refractivity contribution in [2.75, 3.05) is 18.4 Å². The fourth-order valence-electron chi connectivity index (χ4n) is 2.87. The van der Waals surface area contributed by atoms with Crippen LogP contribution < -0.4 is 15.4 Å². The fourth-order valence-corrected chi connectivity index (χ4v) is 2.87. The molecule has 23 heavy (non-hydrogen) atoms. The third kappa shape index (κ3) is 6.08. The molecule has 0 spiro atoms. The van der Waals surface area contributed by atoms with Crippen molar-refractivity contribution in [3.8, 4) is 5.75 Å². The molecule has 5 heteroatoms. The van der Waals surface area contributed by atoms with Crippen LogP contribution in [0.25, 0.3) is 0 Å². The molecule has 1 aromatic carbocycles. The van der Waals surface area contributed by atoms with Crippen LogP contribution in [0.3, 0.4) is 0 Å². The molecule has 4 nitrogen and oxygen atoms in total. The minimum absolute atomic E-state index is 0.00113. The minimum atomic E-state index is -0.414. The Morgan fingerprint density at radius 1 is 1.30 bits per heavy atom. The molecule has 128 valence electrons. The van der Waals surface area contributed by atoms with Crippen LogP contribution in [0, 0.1) is 11.7 Å². The second kappa shape index (κ2) is 8.75. The van der Waals surface area contributed by atoms with Gasteiger partial charge in [0, 0.05) is 12.6 Å². The summed E-state index contributed by atoms with van der Waals surface area (Å²) in [6.07, 6.45) is 6.21. The molecule has 0 unspecified atom stereocenters. The normalized spacial score (nSPS) is 15.5. The zero-order valence-electron chi connectivity index (χ0n) is 14.0. The van der Waals surface area contributed by atoms with Gasteiger partial charge >= 0.3 is 0 Å². The zero-order chi connectivity index (χ0) is 16.7. The van der Waals surface area contributed by atoms with Gasteiger partial charge in [-0.3, -0.25) is 4.79 Å². The van der Waals surface area contributed by atoms with Gasteiger partial charge in [-0.25, -0.2) is 4.39 Å². The van der Waals surface area contributed by atoms with E-state index in [1.807, 2.05) is 13.8 Å². The van der Waals surface area contributed by atoms with E-state index >= 15 is 0 Å². The highest BCUT2D eigenvalue weighted by molar-refractivity contribution is 5.80. The van der Waals surface area contributed by atoms with Gasteiger partial charge in [-0.15, -0.1) is 0 Å². The largest absolute Gasteiger partial charge is 0.491 e. The number of carbonyl (C=O) groups excluding carboxylic acids is 1. The Kier molecular flexibility index (Phi) is 6.68. The molecule has 2 rings (SSSR count). The van der Waals surface area contributed by atoms with Gasteiger partial charge in [0.25, 0.3) is 0 Å². The number of rotatable bonds is 7. The molecule has 1 saturated carbocycles. The molecule has 0 aliphatic heterocycles. The highest BCUT2D eigenvalue weighted by Gasteiger charge is 2.14. The number of carbonyl (C=O) groups is 1. The summed E-state index contributed by atoms with van der Waals surface area (Å²) in [5.74, 6) is 0.572. The second-order valence-corrected chi connectivity index (χ2v) is 6.47. The first-order valence-electron chi connectivity index (χ1n) is 8.51. The average molecular weight is 322 g/mol. The molecule has 1 amide bonds. The number of halogens is 1. The lowest BCUT2D eigenvalue weighted by molar-refractivity contribution is -0.119. The third-order valence-corrected chi connectivity index (χ3v) is 4.06. The van der Waals surface area contributed by atoms with Gasteiger partial charge in [0.05, 0.1) is 18.3 Å². The first kappa shape index (κ1) is 17.6. The molecule has 0 bridgehead atoms. The molecular formula is C18H27FN2O2. The molecule has 1 aliphatic rings. The quantitative estimate of drug-likeness (QED) is 0.804. The van der Waals surface area contributed by atoms with Crippen molar-refractivity contribution in [1.82, 2.24) is 5.32 Å². The molecular weight excluding hydrogens is 295 g/mol. The number of benzene rings is 1. The van der Waals surface area contributed by atoms with E-state index in [4.69, 9.17) is 4.74 Å². The summed E-state index contributed by atoms with van der Waals surface area (Å²) in [5.41, 5.74) is 0.314. The maximum atomic E-state index is 14.0. The van der Waals surface area contributed by atoms with E-state index in [1.54, 1.807) is 12.1 Å². The van der Waals surface area contributed by atoms with Gasteiger partial charge < -0.3 is 15.4 Å². The van der Waals surface area contributed by atoms with E-state index in [0.29, 0.717) is 17.4 Å². The Bertz CT molecular complexity index is 514. The summed E-state index contributed by atoms with van der Waals surface area (Å²) in [6.45, 7) is 4.58. The minimum Gasteiger partial charge on any atom is -0.491 e. The maximum Gasteiger partial charge on any atom is 0.239 e. The standard InChI is InChI=1S/C18H27FN2O2/c1-13(2)23-15-8-9-17(16(19)10-15)20-12-18(22)21-11-14-6-4-3-5-7-14/h8-10,13-14,20H,3-7,11-12H2,1-2H3,(H,21,22). The van der Waals surface area contributed by atoms with E-state index < -0.39 is 5.82 Å². The van der Waals surface area contributed by atoms with Crippen molar-refractivity contribution in [2.45, 2.75) is 52.1 Å². The van der Waals surface area contributed by atoms with Crippen LogP contribution in [0.1, 0.15) is 46.0 Å². The van der Waals surface area contributed by atoms with E-state index in [9.17, 15) is 9.18 Å². The van der Waals surface area contributed by atoms with Crippen LogP contribution in [0.5, 0.6) is 5.75 Å². The summed E-state index contributed by atoms with van der Waals surface area (Å²) < 4.78 is 19.4. The molecule has 1 aliphatic carbocycles. The predicted octanol–water partition coefficient (Wildman–Crippen LogP) is 3.72. The lowest BCUT2D eigenvalue weighted by Gasteiger charge is -2.21. The van der Waals surface area contributed by atoms with Crippen molar-refractivity contribution in [3.63, 3.8) is 0 Å². The molecule has 1 fully saturated rings. The van der Waals surface area contributed by atoms with Gasteiger partial charge in [-0.1, -0.05) is 19.3 Å². The second-order valence-electron chi connectivity index (χ2n) is 6.47. The first-order valence-corrected chi connectivity index (χ1v) is 8.51. The lowest BCUT2D eigenvalue weighted by atomic mass is 9.89. The van der Waals surface area contributed by atoms with Crippen molar-refractivity contribution >= 4 is 11.6 Å². The zero-order valence-corrected chi connectivity index (χ0v) is 14.0. The molecule has 0 atom stereocenters. The van der Waals surface area contributed by atoms with E-state index in [2.05, 4.69) is 10.6 Å². The Hall–Kier alpha value is -1.78. The van der Waals surface area contributed by atoms with Crippen LogP contribution >= 0.6 is 0 Å². The molecule has 0 saturated heterocycles. The van der Waals surface area contributed by atoms with Crippen LogP contribution in [-0.4, -0.2) is 25.1 Å². The van der Waals surface area contributed by atoms with Crippen LogP contribution in [0.15, 0.2) is 18.2 Å². The Morgan fingerprint density at radius 3 is 2.70 bits per heavy atom. The van der Waals surface area contributed by atoms with Crippen LogP contribution in [0.2, 0.25) is 0 Å². The maximum absolute atomic E-state index is 14.0. The van der Waals surface area contributed by atoms with Crippen molar-refractivity contribution < 1.29 is 13.9 Å². The van der Waals surface area contributed by atoms with Crippen molar-refractivity contribution in [1.29, 1.82) is 0 Å². The number of amides is 1. The van der Waals surface area contributed by atoms with E-state index in [-0.39, 0.29) is 18.6 Å².